The van der Waals surface area contributed by atoms with Crippen LogP contribution in [0.25, 0.3) is 0 Å². The minimum absolute atomic E-state index is 0.180. The van der Waals surface area contributed by atoms with Crippen molar-refractivity contribution in [2.24, 2.45) is 0 Å². The van der Waals surface area contributed by atoms with Crippen LogP contribution in [-0.2, 0) is 5.60 Å². The lowest BCUT2D eigenvalue weighted by atomic mass is 9.77. The van der Waals surface area contributed by atoms with Gasteiger partial charge in [0.05, 0.1) is 11.7 Å². The molecule has 0 radical (unpaired) electrons. The highest BCUT2D eigenvalue weighted by Crippen LogP contribution is 2.37. The van der Waals surface area contributed by atoms with Gasteiger partial charge in [0.15, 0.2) is 0 Å². The summed E-state index contributed by atoms with van der Waals surface area (Å²) >= 11 is 0. The molecule has 0 spiro atoms. The molecule has 21 heavy (non-hydrogen) atoms. The van der Waals surface area contributed by atoms with Crippen molar-refractivity contribution in [1.29, 1.82) is 0 Å². The Morgan fingerprint density at radius 2 is 1.86 bits per heavy atom. The largest absolute Gasteiger partial charge is 0.491 e. The summed E-state index contributed by atoms with van der Waals surface area (Å²) in [6.45, 7) is 7.30. The van der Waals surface area contributed by atoms with Gasteiger partial charge in [-0.3, -0.25) is 0 Å². The lowest BCUT2D eigenvalue weighted by molar-refractivity contribution is -0.00830. The van der Waals surface area contributed by atoms with Crippen LogP contribution in [-0.4, -0.2) is 23.8 Å². The zero-order chi connectivity index (χ0) is 15.3. The molecule has 1 aromatic carbocycles. The van der Waals surface area contributed by atoms with Crippen molar-refractivity contribution in [1.82, 2.24) is 5.32 Å². The summed E-state index contributed by atoms with van der Waals surface area (Å²) in [7, 11) is 0. The molecule has 0 saturated heterocycles. The molecule has 0 bridgehead atoms. The maximum Gasteiger partial charge on any atom is 0.119 e. The van der Waals surface area contributed by atoms with Crippen molar-refractivity contribution in [2.45, 2.75) is 70.6 Å². The average Bonchev–Trinajstić information content (AvgIpc) is 2.47. The Morgan fingerprint density at radius 1 is 1.24 bits per heavy atom. The summed E-state index contributed by atoms with van der Waals surface area (Å²) < 4.78 is 5.66. The fourth-order valence-corrected chi connectivity index (χ4v) is 3.05. The van der Waals surface area contributed by atoms with Crippen molar-refractivity contribution in [3.63, 3.8) is 0 Å². The summed E-state index contributed by atoms with van der Waals surface area (Å²) in [5.74, 6) is 0.871. The van der Waals surface area contributed by atoms with E-state index in [-0.39, 0.29) is 6.10 Å². The van der Waals surface area contributed by atoms with Crippen LogP contribution in [0.5, 0.6) is 5.75 Å². The topological polar surface area (TPSA) is 41.5 Å². The van der Waals surface area contributed by atoms with Crippen LogP contribution in [0.3, 0.4) is 0 Å². The first-order valence-corrected chi connectivity index (χ1v) is 8.26. The fraction of sp³-hybridized carbons (Fsp3) is 0.667. The number of aliphatic hydroxyl groups is 1. The Bertz CT molecular complexity index is 419. The van der Waals surface area contributed by atoms with Crippen LogP contribution >= 0.6 is 0 Å². The average molecular weight is 291 g/mol. The van der Waals surface area contributed by atoms with Crippen LogP contribution in [0, 0.1) is 0 Å². The van der Waals surface area contributed by atoms with Crippen LogP contribution in [0.2, 0.25) is 0 Å². The third-order valence-electron chi connectivity index (χ3n) is 4.26. The van der Waals surface area contributed by atoms with Crippen LogP contribution in [0.4, 0.5) is 0 Å². The second kappa shape index (κ2) is 7.28. The first-order valence-electron chi connectivity index (χ1n) is 8.26. The van der Waals surface area contributed by atoms with E-state index < -0.39 is 5.60 Å². The van der Waals surface area contributed by atoms with E-state index in [2.05, 4.69) is 12.2 Å². The van der Waals surface area contributed by atoms with Crippen molar-refractivity contribution in [3.8, 4) is 5.75 Å². The molecule has 1 aromatic rings. The fourth-order valence-electron chi connectivity index (χ4n) is 3.05. The molecule has 2 rings (SSSR count). The Kier molecular flexibility index (Phi) is 5.65. The van der Waals surface area contributed by atoms with Gasteiger partial charge in [-0.2, -0.15) is 0 Å². The molecule has 0 aromatic heterocycles. The number of nitrogens with one attached hydrogen (secondary N) is 1. The summed E-state index contributed by atoms with van der Waals surface area (Å²) in [4.78, 5) is 0. The SMILES string of the molecule is CCCNC1CCC(O)(c2ccc(OC(C)C)cc2)CC1. The van der Waals surface area contributed by atoms with E-state index in [0.717, 1.165) is 50.0 Å². The molecule has 1 saturated carbocycles. The molecule has 0 atom stereocenters. The number of hydrogen-bond donors (Lipinski definition) is 2. The van der Waals surface area contributed by atoms with Gasteiger partial charge in [0, 0.05) is 6.04 Å². The highest BCUT2D eigenvalue weighted by Gasteiger charge is 2.34. The number of benzene rings is 1. The number of rotatable bonds is 6. The minimum Gasteiger partial charge on any atom is -0.491 e. The van der Waals surface area contributed by atoms with Gasteiger partial charge in [-0.15, -0.1) is 0 Å². The normalized spacial score (nSPS) is 26.0. The first kappa shape index (κ1) is 16.3. The van der Waals surface area contributed by atoms with Gasteiger partial charge in [0.25, 0.3) is 0 Å². The molecule has 2 N–H and O–H groups in total. The summed E-state index contributed by atoms with van der Waals surface area (Å²) in [5.41, 5.74) is 0.355. The highest BCUT2D eigenvalue weighted by atomic mass is 16.5. The second-order valence-corrected chi connectivity index (χ2v) is 6.45. The Morgan fingerprint density at radius 3 is 2.38 bits per heavy atom. The smallest absolute Gasteiger partial charge is 0.119 e. The molecule has 3 heteroatoms. The van der Waals surface area contributed by atoms with Gasteiger partial charge < -0.3 is 15.2 Å². The molecule has 0 unspecified atom stereocenters. The maximum absolute atomic E-state index is 10.9. The molecule has 1 aliphatic carbocycles. The Hall–Kier alpha value is -1.06. The molecule has 1 fully saturated rings. The van der Waals surface area contributed by atoms with E-state index in [9.17, 15) is 5.11 Å². The second-order valence-electron chi connectivity index (χ2n) is 6.45. The Labute approximate surface area is 128 Å². The predicted octanol–water partition coefficient (Wildman–Crippen LogP) is 3.60. The van der Waals surface area contributed by atoms with E-state index in [0.29, 0.717) is 6.04 Å². The third-order valence-corrected chi connectivity index (χ3v) is 4.26. The van der Waals surface area contributed by atoms with E-state index in [4.69, 9.17) is 4.74 Å². The van der Waals surface area contributed by atoms with Gasteiger partial charge in [-0.05, 0) is 70.2 Å². The monoisotopic (exact) mass is 291 g/mol. The number of hydrogen-bond acceptors (Lipinski definition) is 3. The summed E-state index contributed by atoms with van der Waals surface area (Å²) in [6, 6.07) is 8.52. The summed E-state index contributed by atoms with van der Waals surface area (Å²) in [5, 5.41) is 14.5. The molecule has 1 aliphatic rings. The molecular formula is C18H29NO2. The highest BCUT2D eigenvalue weighted by molar-refractivity contribution is 5.31. The predicted molar refractivity (Wildman–Crippen MR) is 86.7 cm³/mol. The third kappa shape index (κ3) is 4.45. The molecule has 3 nitrogen and oxygen atoms in total. The lowest BCUT2D eigenvalue weighted by Crippen LogP contribution is -2.40. The van der Waals surface area contributed by atoms with Crippen molar-refractivity contribution >= 4 is 0 Å². The summed E-state index contributed by atoms with van der Waals surface area (Å²) in [6.07, 6.45) is 5.09. The molecule has 118 valence electrons. The van der Waals surface area contributed by atoms with E-state index >= 15 is 0 Å². The van der Waals surface area contributed by atoms with E-state index in [1.165, 1.54) is 0 Å². The van der Waals surface area contributed by atoms with E-state index in [1.54, 1.807) is 0 Å². The van der Waals surface area contributed by atoms with E-state index in [1.807, 2.05) is 38.1 Å². The van der Waals surface area contributed by atoms with Crippen molar-refractivity contribution in [3.05, 3.63) is 29.8 Å². The zero-order valence-corrected chi connectivity index (χ0v) is 13.6. The minimum atomic E-state index is -0.666. The first-order chi connectivity index (χ1) is 10.0. The maximum atomic E-state index is 10.9. The van der Waals surface area contributed by atoms with Crippen LogP contribution in [0.15, 0.2) is 24.3 Å². The van der Waals surface area contributed by atoms with Crippen LogP contribution in [0.1, 0.15) is 58.4 Å². The van der Waals surface area contributed by atoms with Gasteiger partial charge in [-0.1, -0.05) is 19.1 Å². The van der Waals surface area contributed by atoms with Gasteiger partial charge >= 0.3 is 0 Å². The van der Waals surface area contributed by atoms with Crippen LogP contribution < -0.4 is 10.1 Å². The molecule has 0 amide bonds. The Balaban J connectivity index is 1.95. The standard InChI is InChI=1S/C18H29NO2/c1-4-13-19-16-9-11-18(20,12-10-16)15-5-7-17(8-6-15)21-14(2)3/h5-8,14,16,19-20H,4,9-13H2,1-3H3. The van der Waals surface area contributed by atoms with Gasteiger partial charge in [0.2, 0.25) is 0 Å². The van der Waals surface area contributed by atoms with Gasteiger partial charge in [0.1, 0.15) is 5.75 Å². The molecule has 0 heterocycles. The quantitative estimate of drug-likeness (QED) is 0.841. The number of ether oxygens (including phenoxy) is 1. The van der Waals surface area contributed by atoms with Gasteiger partial charge in [-0.25, -0.2) is 0 Å². The zero-order valence-electron chi connectivity index (χ0n) is 13.6. The molecular weight excluding hydrogens is 262 g/mol. The van der Waals surface area contributed by atoms with Crippen molar-refractivity contribution in [2.75, 3.05) is 6.54 Å². The lowest BCUT2D eigenvalue weighted by Gasteiger charge is -2.37. The molecule has 0 aliphatic heterocycles. The van der Waals surface area contributed by atoms with Crippen molar-refractivity contribution < 1.29 is 9.84 Å².